The van der Waals surface area contributed by atoms with Crippen LogP contribution < -0.4 is 15.8 Å². The first-order chi connectivity index (χ1) is 14.7. The van der Waals surface area contributed by atoms with Gasteiger partial charge in [-0.15, -0.1) is 0 Å². The zero-order chi connectivity index (χ0) is 22.3. The van der Waals surface area contributed by atoms with Crippen LogP contribution in [0.2, 0.25) is 5.02 Å². The number of alkyl halides is 3. The van der Waals surface area contributed by atoms with Crippen LogP contribution in [-0.2, 0) is 19.1 Å². The summed E-state index contributed by atoms with van der Waals surface area (Å²) in [4.78, 5) is 14.1. The van der Waals surface area contributed by atoms with Crippen molar-refractivity contribution < 1.29 is 17.6 Å². The Kier molecular flexibility index (Phi) is 6.14. The minimum Gasteiger partial charge on any atom is -0.363 e. The van der Waals surface area contributed by atoms with E-state index < -0.39 is 17.6 Å². The van der Waals surface area contributed by atoms with Crippen LogP contribution in [0, 0.1) is 5.82 Å². The number of nitrogens with zero attached hydrogens (tertiary/aromatic N) is 4. The van der Waals surface area contributed by atoms with E-state index >= 15 is 0 Å². The molecule has 31 heavy (non-hydrogen) atoms. The van der Waals surface area contributed by atoms with E-state index in [2.05, 4.69) is 20.6 Å². The molecule has 0 aliphatic carbocycles. The molecule has 0 spiro atoms. The summed E-state index contributed by atoms with van der Waals surface area (Å²) in [6.07, 6.45) is -2.65. The Morgan fingerprint density at radius 1 is 1.32 bits per heavy atom. The lowest BCUT2D eigenvalue weighted by Gasteiger charge is -2.29. The Labute approximate surface area is 192 Å². The average Bonchev–Trinajstić information content (AvgIpc) is 3.12. The summed E-state index contributed by atoms with van der Waals surface area (Å²) in [7, 11) is 0. The molecule has 0 saturated heterocycles. The van der Waals surface area contributed by atoms with Crippen LogP contribution in [0.5, 0.6) is 0 Å². The zero-order valence-electron chi connectivity index (χ0n) is 15.4. The van der Waals surface area contributed by atoms with Crippen LogP contribution in [0.1, 0.15) is 16.8 Å². The summed E-state index contributed by atoms with van der Waals surface area (Å²) in [5.74, 6) is -0.745. The van der Waals surface area contributed by atoms with E-state index in [4.69, 9.17) is 11.6 Å². The maximum Gasteiger partial charge on any atom is 0.418 e. The smallest absolute Gasteiger partial charge is 0.363 e. The van der Waals surface area contributed by atoms with Gasteiger partial charge in [0.2, 0.25) is 0 Å². The number of aromatic amines is 1. The lowest BCUT2D eigenvalue weighted by Crippen LogP contribution is -2.32. The molecule has 3 heterocycles. The van der Waals surface area contributed by atoms with Gasteiger partial charge in [-0.05, 0) is 46.7 Å². The molecule has 1 aliphatic rings. The summed E-state index contributed by atoms with van der Waals surface area (Å²) < 4.78 is 54.4. The Hall–Kier alpha value is -1.92. The van der Waals surface area contributed by atoms with E-state index in [1.807, 2.05) is 26.9 Å². The molecule has 164 valence electrons. The summed E-state index contributed by atoms with van der Waals surface area (Å²) in [6, 6.07) is 2.42. The van der Waals surface area contributed by atoms with E-state index in [9.17, 15) is 22.4 Å². The Balaban J connectivity index is 1.60. The van der Waals surface area contributed by atoms with Crippen molar-refractivity contribution in [1.29, 1.82) is 0 Å². The Morgan fingerprint density at radius 3 is 2.81 bits per heavy atom. The highest BCUT2D eigenvalue weighted by Crippen LogP contribution is 2.38. The molecule has 7 nitrogen and oxygen atoms in total. The van der Waals surface area contributed by atoms with Gasteiger partial charge in [-0.1, -0.05) is 11.6 Å². The number of hydrogen-bond donors (Lipinski definition) is 2. The number of H-pyrrole nitrogens is 1. The fourth-order valence-electron chi connectivity index (χ4n) is 3.32. The number of hydrogen-bond acceptors (Lipinski definition) is 5. The molecule has 1 atom stereocenters. The monoisotopic (exact) mass is 586 g/mol. The number of benzene rings is 1. The molecule has 1 aromatic carbocycles. The molecule has 4 rings (SSSR count). The van der Waals surface area contributed by atoms with Crippen molar-refractivity contribution in [2.24, 2.45) is 0 Å². The lowest BCUT2D eigenvalue weighted by atomic mass is 10.1. The second kappa shape index (κ2) is 8.55. The summed E-state index contributed by atoms with van der Waals surface area (Å²) in [5, 5.41) is 13.7. The van der Waals surface area contributed by atoms with Gasteiger partial charge in [0.05, 0.1) is 41.7 Å². The van der Waals surface area contributed by atoms with Crippen molar-refractivity contribution in [3.8, 4) is 0 Å². The number of fused-ring (bicyclic) bond motifs is 1. The van der Waals surface area contributed by atoms with Gasteiger partial charge in [-0.3, -0.25) is 9.89 Å². The van der Waals surface area contributed by atoms with Crippen molar-refractivity contribution in [3.05, 3.63) is 62.4 Å². The molecule has 2 N–H and O–H groups in total. The zero-order valence-corrected chi connectivity index (χ0v) is 19.3. The van der Waals surface area contributed by atoms with Crippen LogP contribution in [-0.4, -0.2) is 26.3 Å². The van der Waals surface area contributed by atoms with Gasteiger partial charge in [-0.25, -0.2) is 8.84 Å². The van der Waals surface area contributed by atoms with Crippen LogP contribution >= 0.6 is 40.0 Å². The fourth-order valence-corrected chi connectivity index (χ4v) is 4.96. The first kappa shape index (κ1) is 22.3. The normalized spacial score (nSPS) is 14.3. The van der Waals surface area contributed by atoms with Gasteiger partial charge < -0.3 is 10.2 Å². The molecule has 0 bridgehead atoms. The molecular formula is C17H13ClF4IN6OP. The van der Waals surface area contributed by atoms with E-state index in [-0.39, 0.29) is 28.5 Å². The van der Waals surface area contributed by atoms with Crippen LogP contribution in [0.4, 0.5) is 34.8 Å². The molecule has 2 aromatic heterocycles. The molecule has 0 saturated carbocycles. The third-order valence-corrected chi connectivity index (χ3v) is 7.00. The highest BCUT2D eigenvalue weighted by molar-refractivity contribution is 14.2. The van der Waals surface area contributed by atoms with Gasteiger partial charge in [0.1, 0.15) is 10.8 Å². The topological polar surface area (TPSA) is 78.8 Å². The first-order valence-corrected chi connectivity index (χ1v) is 13.2. The van der Waals surface area contributed by atoms with E-state index in [0.29, 0.717) is 42.5 Å². The predicted octanol–water partition coefficient (Wildman–Crippen LogP) is 4.88. The highest BCUT2D eigenvalue weighted by atomic mass is 127. The Morgan fingerprint density at radius 2 is 2.10 bits per heavy atom. The third-order valence-electron chi connectivity index (χ3n) is 4.79. The molecular weight excluding hydrogens is 574 g/mol. The molecule has 1 unspecified atom stereocenters. The highest BCUT2D eigenvalue weighted by Gasteiger charge is 2.34. The summed E-state index contributed by atoms with van der Waals surface area (Å²) in [6.45, 7) is 0.769. The van der Waals surface area contributed by atoms with Gasteiger partial charge in [-0.2, -0.15) is 23.4 Å². The number of aromatic nitrogens is 4. The molecule has 1 aliphatic heterocycles. The van der Waals surface area contributed by atoms with Crippen molar-refractivity contribution in [2.75, 3.05) is 16.8 Å². The standard InChI is InChI=1S/C17H13ClF4IN6OP/c18-14-13(6-24-29(31-23)16(14)30)28-4-3-9-12(7-28)26-27-15(9)25-11-2-1-8(19)5-10(11)17(20,21)22/h1-2,5-6,31H,3-4,7H2,(H2,25,26,27). The number of anilines is 3. The van der Waals surface area contributed by atoms with Gasteiger partial charge in [0, 0.05) is 12.1 Å². The van der Waals surface area contributed by atoms with E-state index in [0.717, 1.165) is 12.1 Å². The molecule has 3 aromatic rings. The summed E-state index contributed by atoms with van der Waals surface area (Å²) >= 11 is 8.26. The molecule has 14 heteroatoms. The van der Waals surface area contributed by atoms with Gasteiger partial charge in [0.15, 0.2) is 5.82 Å². The molecule has 0 amide bonds. The van der Waals surface area contributed by atoms with Crippen molar-refractivity contribution >= 4 is 57.2 Å². The van der Waals surface area contributed by atoms with Crippen LogP contribution in [0.25, 0.3) is 0 Å². The predicted molar refractivity (Wildman–Crippen MR) is 119 cm³/mol. The molecule has 0 fully saturated rings. The number of rotatable bonds is 4. The second-order valence-corrected chi connectivity index (χ2v) is 9.08. The van der Waals surface area contributed by atoms with Crippen LogP contribution in [0.15, 0.2) is 29.2 Å². The number of halogens is 6. The maximum absolute atomic E-state index is 13.3. The fraction of sp³-hybridized carbons (Fsp3) is 0.235. The van der Waals surface area contributed by atoms with E-state index in [1.54, 1.807) is 0 Å². The van der Waals surface area contributed by atoms with Crippen molar-refractivity contribution in [3.63, 3.8) is 0 Å². The second-order valence-electron chi connectivity index (χ2n) is 6.66. The lowest BCUT2D eigenvalue weighted by molar-refractivity contribution is -0.137. The van der Waals surface area contributed by atoms with Crippen LogP contribution in [0.3, 0.4) is 0 Å². The van der Waals surface area contributed by atoms with Crippen molar-refractivity contribution in [1.82, 2.24) is 19.7 Å². The summed E-state index contributed by atoms with van der Waals surface area (Å²) in [5.41, 5.74) is 0.0587. The largest absolute Gasteiger partial charge is 0.418 e. The van der Waals surface area contributed by atoms with E-state index in [1.165, 1.54) is 10.6 Å². The van der Waals surface area contributed by atoms with Gasteiger partial charge >= 0.3 is 6.18 Å². The minimum atomic E-state index is -4.72. The third kappa shape index (κ3) is 4.37. The average molecular weight is 587 g/mol. The van der Waals surface area contributed by atoms with Gasteiger partial charge in [0.25, 0.3) is 5.56 Å². The minimum absolute atomic E-state index is 0.0570. The molecule has 0 radical (unpaired) electrons. The quantitative estimate of drug-likeness (QED) is 0.259. The maximum atomic E-state index is 13.3. The first-order valence-electron chi connectivity index (χ1n) is 8.78. The Bertz CT molecular complexity index is 1200. The SMILES string of the molecule is O=c1c(Cl)c(N2CCc3c(Nc4ccc(F)cc4C(F)(F)F)n[nH]c3C2)cnn1PI. The van der Waals surface area contributed by atoms with Crippen molar-refractivity contribution in [2.45, 2.75) is 19.1 Å². The number of nitrogens with one attached hydrogen (secondary N) is 2.